The summed E-state index contributed by atoms with van der Waals surface area (Å²) in [5, 5.41) is 12.5. The van der Waals surface area contributed by atoms with Crippen molar-refractivity contribution in [1.29, 1.82) is 0 Å². The van der Waals surface area contributed by atoms with E-state index < -0.39 is 12.1 Å². The summed E-state index contributed by atoms with van der Waals surface area (Å²) in [6.45, 7) is 8.47. The Bertz CT molecular complexity index is 204. The first kappa shape index (κ1) is 14.1. The molecule has 0 bridgehead atoms. The molecule has 1 atom stereocenters. The summed E-state index contributed by atoms with van der Waals surface area (Å²) in [6, 6.07) is 0. The molecule has 0 fully saturated rings. The van der Waals surface area contributed by atoms with Crippen LogP contribution in [0, 0.1) is 0 Å². The van der Waals surface area contributed by atoms with Gasteiger partial charge in [0.2, 0.25) is 0 Å². The zero-order chi connectivity index (χ0) is 11.7. The van der Waals surface area contributed by atoms with Crippen LogP contribution in [-0.4, -0.2) is 36.9 Å². The van der Waals surface area contributed by atoms with E-state index in [9.17, 15) is 9.90 Å². The van der Waals surface area contributed by atoms with Crippen LogP contribution in [-0.2, 0) is 9.53 Å². The number of aliphatic hydroxyl groups excluding tert-OH is 1. The highest BCUT2D eigenvalue weighted by atomic mass is 16.5. The molecule has 88 valence electrons. The third-order valence-electron chi connectivity index (χ3n) is 1.84. The van der Waals surface area contributed by atoms with Crippen LogP contribution < -0.4 is 5.32 Å². The van der Waals surface area contributed by atoms with Crippen molar-refractivity contribution in [2.45, 2.75) is 32.8 Å². The standard InChI is InChI=1S/C11H21NO3/c1-4-5-6-12-7-10(13)8-15-11(14)9(2)3/h10,12-13H,2,4-8H2,1,3H3. The van der Waals surface area contributed by atoms with Crippen LogP contribution in [0.25, 0.3) is 0 Å². The van der Waals surface area contributed by atoms with Crippen molar-refractivity contribution in [1.82, 2.24) is 5.32 Å². The first-order chi connectivity index (χ1) is 7.07. The molecule has 0 spiro atoms. The molecule has 1 unspecified atom stereocenters. The lowest BCUT2D eigenvalue weighted by Gasteiger charge is -2.12. The lowest BCUT2D eigenvalue weighted by atomic mass is 10.3. The van der Waals surface area contributed by atoms with Crippen molar-refractivity contribution in [3.8, 4) is 0 Å². The van der Waals surface area contributed by atoms with E-state index in [0.29, 0.717) is 12.1 Å². The smallest absolute Gasteiger partial charge is 0.333 e. The molecule has 4 heteroatoms. The third-order valence-corrected chi connectivity index (χ3v) is 1.84. The van der Waals surface area contributed by atoms with Crippen LogP contribution in [0.4, 0.5) is 0 Å². The summed E-state index contributed by atoms with van der Waals surface area (Å²) < 4.78 is 4.79. The summed E-state index contributed by atoms with van der Waals surface area (Å²) in [7, 11) is 0. The van der Waals surface area contributed by atoms with Crippen LogP contribution in [0.15, 0.2) is 12.2 Å². The van der Waals surface area contributed by atoms with Crippen LogP contribution in [0.3, 0.4) is 0 Å². The van der Waals surface area contributed by atoms with Gasteiger partial charge in [-0.3, -0.25) is 0 Å². The minimum absolute atomic E-state index is 0.0187. The zero-order valence-corrected chi connectivity index (χ0v) is 9.58. The number of carbonyl (C=O) groups is 1. The highest BCUT2D eigenvalue weighted by Gasteiger charge is 2.08. The van der Waals surface area contributed by atoms with Gasteiger partial charge in [-0.05, 0) is 19.9 Å². The van der Waals surface area contributed by atoms with Gasteiger partial charge >= 0.3 is 5.97 Å². The Morgan fingerprint density at radius 2 is 2.27 bits per heavy atom. The van der Waals surface area contributed by atoms with Gasteiger partial charge in [0.15, 0.2) is 0 Å². The maximum absolute atomic E-state index is 11.0. The number of esters is 1. The molecular weight excluding hydrogens is 194 g/mol. The van der Waals surface area contributed by atoms with Crippen LogP contribution in [0.1, 0.15) is 26.7 Å². The molecule has 0 radical (unpaired) electrons. The molecule has 0 aromatic carbocycles. The maximum atomic E-state index is 11.0. The molecular formula is C11H21NO3. The number of ether oxygens (including phenoxy) is 1. The summed E-state index contributed by atoms with van der Waals surface area (Å²) in [4.78, 5) is 11.0. The van der Waals surface area contributed by atoms with Gasteiger partial charge in [0.1, 0.15) is 12.7 Å². The van der Waals surface area contributed by atoms with Gasteiger partial charge in [-0.2, -0.15) is 0 Å². The Hall–Kier alpha value is -0.870. The Morgan fingerprint density at radius 1 is 1.60 bits per heavy atom. The zero-order valence-electron chi connectivity index (χ0n) is 9.58. The fraction of sp³-hybridized carbons (Fsp3) is 0.727. The van der Waals surface area contributed by atoms with E-state index in [-0.39, 0.29) is 6.61 Å². The first-order valence-electron chi connectivity index (χ1n) is 5.29. The van der Waals surface area contributed by atoms with E-state index in [1.807, 2.05) is 0 Å². The Balaban J connectivity index is 3.44. The predicted octanol–water partition coefficient (Wildman–Crippen LogP) is 0.856. The van der Waals surface area contributed by atoms with Gasteiger partial charge in [-0.25, -0.2) is 4.79 Å². The molecule has 0 saturated heterocycles. The lowest BCUT2D eigenvalue weighted by molar-refractivity contribution is -0.141. The minimum atomic E-state index is -0.648. The molecule has 0 heterocycles. The fourth-order valence-corrected chi connectivity index (χ4v) is 0.924. The molecule has 2 N–H and O–H groups in total. The minimum Gasteiger partial charge on any atom is -0.460 e. The third kappa shape index (κ3) is 8.15. The van der Waals surface area contributed by atoms with Gasteiger partial charge in [0.25, 0.3) is 0 Å². The topological polar surface area (TPSA) is 58.6 Å². The molecule has 0 aliphatic heterocycles. The van der Waals surface area contributed by atoms with Crippen LogP contribution in [0.5, 0.6) is 0 Å². The number of carbonyl (C=O) groups excluding carboxylic acids is 1. The quantitative estimate of drug-likeness (QED) is 0.358. The van der Waals surface area contributed by atoms with Crippen molar-refractivity contribution in [3.05, 3.63) is 12.2 Å². The molecule has 0 saturated carbocycles. The highest BCUT2D eigenvalue weighted by Crippen LogP contribution is 1.93. The van der Waals surface area contributed by atoms with E-state index in [0.717, 1.165) is 19.4 Å². The van der Waals surface area contributed by atoms with Gasteiger partial charge in [0.05, 0.1) is 0 Å². The molecule has 0 amide bonds. The Kier molecular flexibility index (Phi) is 7.95. The van der Waals surface area contributed by atoms with E-state index in [1.54, 1.807) is 6.92 Å². The lowest BCUT2D eigenvalue weighted by Crippen LogP contribution is -2.31. The molecule has 0 aromatic rings. The van der Waals surface area contributed by atoms with Crippen molar-refractivity contribution in [2.75, 3.05) is 19.7 Å². The average Bonchev–Trinajstić information content (AvgIpc) is 2.20. The number of aliphatic hydroxyl groups is 1. The van der Waals surface area contributed by atoms with E-state index in [1.165, 1.54) is 0 Å². The van der Waals surface area contributed by atoms with Crippen molar-refractivity contribution in [2.24, 2.45) is 0 Å². The van der Waals surface area contributed by atoms with Crippen molar-refractivity contribution >= 4 is 5.97 Å². The number of hydrogen-bond acceptors (Lipinski definition) is 4. The largest absolute Gasteiger partial charge is 0.460 e. The molecule has 0 rings (SSSR count). The normalized spacial score (nSPS) is 12.2. The molecule has 0 aliphatic carbocycles. The number of hydrogen-bond donors (Lipinski definition) is 2. The Morgan fingerprint density at radius 3 is 2.80 bits per heavy atom. The molecule has 15 heavy (non-hydrogen) atoms. The number of nitrogens with one attached hydrogen (secondary N) is 1. The first-order valence-corrected chi connectivity index (χ1v) is 5.29. The summed E-state index contributed by atoms with van der Waals surface area (Å²) in [6.07, 6.45) is 1.55. The second-order valence-corrected chi connectivity index (χ2v) is 3.59. The van der Waals surface area contributed by atoms with Crippen molar-refractivity contribution in [3.63, 3.8) is 0 Å². The second kappa shape index (κ2) is 8.44. The molecule has 4 nitrogen and oxygen atoms in total. The van der Waals surface area contributed by atoms with Gasteiger partial charge in [0, 0.05) is 12.1 Å². The van der Waals surface area contributed by atoms with Gasteiger partial charge in [-0.1, -0.05) is 19.9 Å². The summed E-state index contributed by atoms with van der Waals surface area (Å²) >= 11 is 0. The van der Waals surface area contributed by atoms with Gasteiger partial charge < -0.3 is 15.2 Å². The summed E-state index contributed by atoms with van der Waals surface area (Å²) in [5.41, 5.74) is 0.348. The summed E-state index contributed by atoms with van der Waals surface area (Å²) in [5.74, 6) is -0.456. The highest BCUT2D eigenvalue weighted by molar-refractivity contribution is 5.86. The number of unbranched alkanes of at least 4 members (excludes halogenated alkanes) is 1. The second-order valence-electron chi connectivity index (χ2n) is 3.59. The molecule has 0 aliphatic rings. The van der Waals surface area contributed by atoms with E-state index >= 15 is 0 Å². The van der Waals surface area contributed by atoms with Gasteiger partial charge in [-0.15, -0.1) is 0 Å². The molecule has 0 aromatic heterocycles. The average molecular weight is 215 g/mol. The Labute approximate surface area is 91.3 Å². The predicted molar refractivity (Wildman–Crippen MR) is 59.6 cm³/mol. The maximum Gasteiger partial charge on any atom is 0.333 e. The van der Waals surface area contributed by atoms with Crippen LogP contribution >= 0.6 is 0 Å². The van der Waals surface area contributed by atoms with E-state index in [4.69, 9.17) is 4.74 Å². The monoisotopic (exact) mass is 215 g/mol. The number of rotatable bonds is 8. The van der Waals surface area contributed by atoms with Crippen LogP contribution in [0.2, 0.25) is 0 Å². The fourth-order valence-electron chi connectivity index (χ4n) is 0.924. The SMILES string of the molecule is C=C(C)C(=O)OCC(O)CNCCCC. The van der Waals surface area contributed by atoms with E-state index in [2.05, 4.69) is 18.8 Å². The van der Waals surface area contributed by atoms with Crippen molar-refractivity contribution < 1.29 is 14.6 Å².